The second kappa shape index (κ2) is 6.15. The van der Waals surface area contributed by atoms with Crippen LogP contribution in [0.25, 0.3) is 0 Å². The molecule has 1 aliphatic heterocycles. The molecule has 0 aromatic heterocycles. The monoisotopic (exact) mass is 290 g/mol. The molecule has 0 saturated carbocycles. The van der Waals surface area contributed by atoms with Crippen LogP contribution in [-0.4, -0.2) is 36.3 Å². The number of thioether (sulfide) groups is 1. The summed E-state index contributed by atoms with van der Waals surface area (Å²) in [6, 6.07) is 5.73. The molecule has 106 valence electrons. The lowest BCUT2D eigenvalue weighted by molar-refractivity contribution is -0.137. The summed E-state index contributed by atoms with van der Waals surface area (Å²) in [5.41, 5.74) is 5.22. The summed E-state index contributed by atoms with van der Waals surface area (Å²) in [6.45, 7) is 2.75. The van der Waals surface area contributed by atoms with E-state index in [1.807, 2.05) is 0 Å². The van der Waals surface area contributed by atoms with Crippen LogP contribution in [0.1, 0.15) is 12.0 Å². The highest BCUT2D eigenvalue weighted by atomic mass is 32.2. The third-order valence-electron chi connectivity index (χ3n) is 3.15. The van der Waals surface area contributed by atoms with E-state index in [9.17, 15) is 13.2 Å². The normalized spacial score (nSPS) is 20.9. The van der Waals surface area contributed by atoms with Gasteiger partial charge in [-0.15, -0.1) is 11.8 Å². The molecule has 1 fully saturated rings. The Kier molecular flexibility index (Phi) is 4.76. The summed E-state index contributed by atoms with van der Waals surface area (Å²) in [6.07, 6.45) is -3.26. The second-order valence-corrected chi connectivity index (χ2v) is 5.89. The van der Waals surface area contributed by atoms with Crippen molar-refractivity contribution in [1.29, 1.82) is 0 Å². The lowest BCUT2D eigenvalue weighted by Crippen LogP contribution is -2.28. The molecular formula is C13H17F3N2S. The Balaban J connectivity index is 1.83. The van der Waals surface area contributed by atoms with Gasteiger partial charge in [0.25, 0.3) is 0 Å². The molecule has 0 aliphatic carbocycles. The number of benzene rings is 1. The fourth-order valence-electron chi connectivity index (χ4n) is 2.12. The van der Waals surface area contributed by atoms with Gasteiger partial charge in [0.15, 0.2) is 0 Å². The maximum absolute atomic E-state index is 12.5. The number of nitrogens with two attached hydrogens (primary N) is 1. The molecule has 1 aromatic carbocycles. The van der Waals surface area contributed by atoms with E-state index in [-0.39, 0.29) is 6.04 Å². The highest BCUT2D eigenvalue weighted by Gasteiger charge is 2.30. The number of likely N-dealkylation sites (tertiary alicyclic amines) is 1. The molecule has 1 aromatic rings. The van der Waals surface area contributed by atoms with Gasteiger partial charge in [-0.05, 0) is 31.2 Å². The van der Waals surface area contributed by atoms with Crippen molar-refractivity contribution >= 4 is 11.8 Å². The first-order valence-corrected chi connectivity index (χ1v) is 7.22. The smallest absolute Gasteiger partial charge is 0.326 e. The van der Waals surface area contributed by atoms with Gasteiger partial charge in [0.2, 0.25) is 0 Å². The van der Waals surface area contributed by atoms with Crippen LogP contribution in [-0.2, 0) is 6.18 Å². The maximum atomic E-state index is 12.5. The molecule has 0 amide bonds. The number of nitrogens with zero attached hydrogens (tertiary/aromatic N) is 1. The largest absolute Gasteiger partial charge is 0.416 e. The van der Waals surface area contributed by atoms with Crippen LogP contribution in [0.3, 0.4) is 0 Å². The fraction of sp³-hybridized carbons (Fsp3) is 0.538. The van der Waals surface area contributed by atoms with Crippen LogP contribution in [0.2, 0.25) is 0 Å². The molecular weight excluding hydrogens is 273 g/mol. The van der Waals surface area contributed by atoms with Crippen molar-refractivity contribution in [2.24, 2.45) is 5.73 Å². The molecule has 0 bridgehead atoms. The van der Waals surface area contributed by atoms with Gasteiger partial charge in [-0.2, -0.15) is 13.2 Å². The Labute approximate surface area is 115 Å². The Morgan fingerprint density at radius 3 is 2.79 bits per heavy atom. The fourth-order valence-corrected chi connectivity index (χ4v) is 3.09. The first kappa shape index (κ1) is 14.7. The van der Waals surface area contributed by atoms with Crippen molar-refractivity contribution in [2.75, 3.05) is 25.4 Å². The highest BCUT2D eigenvalue weighted by molar-refractivity contribution is 7.99. The van der Waals surface area contributed by atoms with Crippen LogP contribution in [0, 0.1) is 0 Å². The Morgan fingerprint density at radius 2 is 2.16 bits per heavy atom. The summed E-state index contributed by atoms with van der Waals surface area (Å²) >= 11 is 1.46. The second-order valence-electron chi connectivity index (χ2n) is 4.72. The van der Waals surface area contributed by atoms with E-state index in [4.69, 9.17) is 5.73 Å². The van der Waals surface area contributed by atoms with Crippen LogP contribution in [0.4, 0.5) is 13.2 Å². The van der Waals surface area contributed by atoms with E-state index < -0.39 is 11.7 Å². The van der Waals surface area contributed by atoms with Crippen molar-refractivity contribution in [1.82, 2.24) is 4.90 Å². The third kappa shape index (κ3) is 4.40. The maximum Gasteiger partial charge on any atom is 0.416 e. The van der Waals surface area contributed by atoms with E-state index in [1.54, 1.807) is 6.07 Å². The molecule has 1 aliphatic rings. The Bertz CT molecular complexity index is 423. The minimum absolute atomic E-state index is 0.249. The standard InChI is InChI=1S/C13H17F3N2S/c14-13(15,16)10-2-1-3-12(8-10)19-7-6-18-5-4-11(17)9-18/h1-3,8,11H,4-7,9,17H2/t11-/m0/s1. The van der Waals surface area contributed by atoms with Crippen molar-refractivity contribution in [2.45, 2.75) is 23.5 Å². The van der Waals surface area contributed by atoms with Gasteiger partial charge in [-0.25, -0.2) is 0 Å². The first-order valence-electron chi connectivity index (χ1n) is 6.23. The van der Waals surface area contributed by atoms with Crippen molar-refractivity contribution < 1.29 is 13.2 Å². The van der Waals surface area contributed by atoms with E-state index in [1.165, 1.54) is 23.9 Å². The molecule has 6 heteroatoms. The predicted molar refractivity (Wildman–Crippen MR) is 71.2 cm³/mol. The number of alkyl halides is 3. The molecule has 1 atom stereocenters. The summed E-state index contributed by atoms with van der Waals surface area (Å²) < 4.78 is 37.6. The van der Waals surface area contributed by atoms with Crippen molar-refractivity contribution in [3.63, 3.8) is 0 Å². The zero-order chi connectivity index (χ0) is 13.9. The summed E-state index contributed by atoms with van der Waals surface area (Å²) in [5.74, 6) is 0.786. The summed E-state index contributed by atoms with van der Waals surface area (Å²) in [7, 11) is 0. The van der Waals surface area contributed by atoms with Crippen molar-refractivity contribution in [3.05, 3.63) is 29.8 Å². The minimum atomic E-state index is -4.27. The third-order valence-corrected chi connectivity index (χ3v) is 4.12. The molecule has 2 N–H and O–H groups in total. The zero-order valence-electron chi connectivity index (χ0n) is 10.5. The summed E-state index contributed by atoms with van der Waals surface area (Å²) in [4.78, 5) is 2.92. The van der Waals surface area contributed by atoms with Crippen molar-refractivity contribution in [3.8, 4) is 0 Å². The molecule has 0 radical (unpaired) electrons. The van der Waals surface area contributed by atoms with Gasteiger partial charge in [-0.1, -0.05) is 6.07 Å². The van der Waals surface area contributed by atoms with E-state index >= 15 is 0 Å². The quantitative estimate of drug-likeness (QED) is 0.865. The number of rotatable bonds is 4. The topological polar surface area (TPSA) is 29.3 Å². The Hall–Kier alpha value is -0.720. The zero-order valence-corrected chi connectivity index (χ0v) is 11.3. The van der Waals surface area contributed by atoms with Gasteiger partial charge in [-0.3, -0.25) is 0 Å². The van der Waals surface area contributed by atoms with Gasteiger partial charge < -0.3 is 10.6 Å². The lowest BCUT2D eigenvalue weighted by atomic mass is 10.2. The molecule has 2 rings (SSSR count). The van der Waals surface area contributed by atoms with Gasteiger partial charge in [0, 0.05) is 29.8 Å². The molecule has 2 nitrogen and oxygen atoms in total. The highest BCUT2D eigenvalue weighted by Crippen LogP contribution is 2.31. The van der Waals surface area contributed by atoms with Crippen LogP contribution < -0.4 is 5.73 Å². The van der Waals surface area contributed by atoms with Gasteiger partial charge in [0.05, 0.1) is 5.56 Å². The molecule has 19 heavy (non-hydrogen) atoms. The molecule has 1 heterocycles. The van der Waals surface area contributed by atoms with Gasteiger partial charge in [0.1, 0.15) is 0 Å². The predicted octanol–water partition coefficient (Wildman–Crippen LogP) is 2.83. The van der Waals surface area contributed by atoms with E-state index in [0.717, 1.165) is 37.9 Å². The average Bonchev–Trinajstić information content (AvgIpc) is 2.74. The number of hydrogen-bond donors (Lipinski definition) is 1. The van der Waals surface area contributed by atoms with E-state index in [0.29, 0.717) is 4.90 Å². The molecule has 0 spiro atoms. The SMILES string of the molecule is N[C@H]1CCN(CCSc2cccc(C(F)(F)F)c2)C1. The average molecular weight is 290 g/mol. The van der Waals surface area contributed by atoms with Gasteiger partial charge >= 0.3 is 6.18 Å². The number of hydrogen-bond acceptors (Lipinski definition) is 3. The van der Waals surface area contributed by atoms with Crippen LogP contribution in [0.5, 0.6) is 0 Å². The van der Waals surface area contributed by atoms with E-state index in [2.05, 4.69) is 4.90 Å². The molecule has 1 saturated heterocycles. The van der Waals surface area contributed by atoms with Crippen LogP contribution in [0.15, 0.2) is 29.2 Å². The Morgan fingerprint density at radius 1 is 1.37 bits per heavy atom. The van der Waals surface area contributed by atoms with Crippen LogP contribution >= 0.6 is 11.8 Å². The molecule has 0 unspecified atom stereocenters. The minimum Gasteiger partial charge on any atom is -0.326 e. The lowest BCUT2D eigenvalue weighted by Gasteiger charge is -2.14. The first-order chi connectivity index (χ1) is 8.95. The number of halogens is 3. The summed E-state index contributed by atoms with van der Waals surface area (Å²) in [5, 5.41) is 0.